The molecule has 1 aliphatic rings. The highest BCUT2D eigenvalue weighted by Gasteiger charge is 2.31. The van der Waals surface area contributed by atoms with Gasteiger partial charge in [-0.2, -0.15) is 0 Å². The van der Waals surface area contributed by atoms with Gasteiger partial charge in [-0.05, 0) is 42.0 Å². The number of pyridine rings is 1. The largest absolute Gasteiger partial charge is 0.497 e. The molecule has 0 fully saturated rings. The fraction of sp³-hybridized carbons (Fsp3) is 0.107. The number of aldehydes is 1. The first kappa shape index (κ1) is 23.9. The molecular formula is C28H20Cl2N2O4. The SMILES string of the molecule is COc1ccc2c(c1)CN(c1cccc(-c3cccc(-c4ccc(C=O)c(OC)n4)c3Cl)c1Cl)C2=O. The van der Waals surface area contributed by atoms with Crippen LogP contribution >= 0.6 is 23.2 Å². The molecule has 0 atom stereocenters. The monoisotopic (exact) mass is 518 g/mol. The molecule has 0 bridgehead atoms. The average molecular weight is 519 g/mol. The third-order valence-corrected chi connectivity index (χ3v) is 6.96. The lowest BCUT2D eigenvalue weighted by Crippen LogP contribution is -2.23. The van der Waals surface area contributed by atoms with Gasteiger partial charge in [0.05, 0.1) is 47.8 Å². The first-order chi connectivity index (χ1) is 17.5. The Bertz CT molecular complexity index is 1520. The summed E-state index contributed by atoms with van der Waals surface area (Å²) in [5.41, 5.74) is 5.00. The van der Waals surface area contributed by atoms with Crippen molar-refractivity contribution in [3.8, 4) is 34.0 Å². The maximum absolute atomic E-state index is 13.2. The summed E-state index contributed by atoms with van der Waals surface area (Å²) in [6.07, 6.45) is 0.687. The first-order valence-corrected chi connectivity index (χ1v) is 11.8. The van der Waals surface area contributed by atoms with Crippen LogP contribution in [0.25, 0.3) is 22.4 Å². The van der Waals surface area contributed by atoms with Crippen LogP contribution in [0.1, 0.15) is 26.3 Å². The van der Waals surface area contributed by atoms with Gasteiger partial charge in [-0.15, -0.1) is 0 Å². The number of methoxy groups -OCH3 is 2. The van der Waals surface area contributed by atoms with Gasteiger partial charge in [0.2, 0.25) is 5.88 Å². The van der Waals surface area contributed by atoms with Crippen LogP contribution in [0.2, 0.25) is 10.0 Å². The molecule has 36 heavy (non-hydrogen) atoms. The van der Waals surface area contributed by atoms with Gasteiger partial charge in [-0.3, -0.25) is 9.59 Å². The lowest BCUT2D eigenvalue weighted by molar-refractivity contribution is 0.0996. The summed E-state index contributed by atoms with van der Waals surface area (Å²) in [4.78, 5) is 30.5. The number of aromatic nitrogens is 1. The van der Waals surface area contributed by atoms with Crippen LogP contribution in [0.3, 0.4) is 0 Å². The summed E-state index contributed by atoms with van der Waals surface area (Å²) < 4.78 is 10.5. The van der Waals surface area contributed by atoms with Crippen molar-refractivity contribution in [2.75, 3.05) is 19.1 Å². The van der Waals surface area contributed by atoms with Gasteiger partial charge in [0.15, 0.2) is 6.29 Å². The Morgan fingerprint density at radius 3 is 2.31 bits per heavy atom. The zero-order valence-electron chi connectivity index (χ0n) is 19.4. The van der Waals surface area contributed by atoms with Gasteiger partial charge in [0.25, 0.3) is 5.91 Å². The second-order valence-corrected chi connectivity index (χ2v) is 8.89. The number of ether oxygens (including phenoxy) is 2. The maximum Gasteiger partial charge on any atom is 0.258 e. The van der Waals surface area contributed by atoms with E-state index in [1.165, 1.54) is 7.11 Å². The molecule has 1 amide bonds. The molecule has 0 N–H and O–H groups in total. The Balaban J connectivity index is 1.56. The number of amides is 1. The highest BCUT2D eigenvalue weighted by Crippen LogP contribution is 2.43. The van der Waals surface area contributed by atoms with Crippen molar-refractivity contribution >= 4 is 41.1 Å². The number of rotatable bonds is 6. The topological polar surface area (TPSA) is 68.7 Å². The normalized spacial score (nSPS) is 12.4. The number of hydrogen-bond acceptors (Lipinski definition) is 5. The van der Waals surface area contributed by atoms with Crippen molar-refractivity contribution in [3.05, 3.63) is 93.5 Å². The molecule has 180 valence electrons. The van der Waals surface area contributed by atoms with E-state index in [-0.39, 0.29) is 11.8 Å². The maximum atomic E-state index is 13.2. The van der Waals surface area contributed by atoms with Gasteiger partial charge >= 0.3 is 0 Å². The molecule has 0 unspecified atom stereocenters. The van der Waals surface area contributed by atoms with E-state index < -0.39 is 0 Å². The third kappa shape index (κ3) is 3.98. The van der Waals surface area contributed by atoms with Crippen molar-refractivity contribution in [1.82, 2.24) is 4.98 Å². The number of hydrogen-bond donors (Lipinski definition) is 0. The molecule has 6 nitrogen and oxygen atoms in total. The minimum absolute atomic E-state index is 0.127. The Labute approximate surface area is 218 Å². The quantitative estimate of drug-likeness (QED) is 0.265. The van der Waals surface area contributed by atoms with E-state index in [1.54, 1.807) is 36.3 Å². The number of benzene rings is 3. The summed E-state index contributed by atoms with van der Waals surface area (Å²) >= 11 is 13.8. The molecule has 5 rings (SSSR count). The number of carbonyl (C=O) groups is 2. The fourth-order valence-electron chi connectivity index (χ4n) is 4.35. The molecule has 0 saturated carbocycles. The van der Waals surface area contributed by atoms with E-state index in [0.717, 1.165) is 5.56 Å². The Morgan fingerprint density at radius 1 is 0.861 bits per heavy atom. The average Bonchev–Trinajstić information content (AvgIpc) is 3.24. The number of halogens is 2. The first-order valence-electron chi connectivity index (χ1n) is 11.0. The molecule has 8 heteroatoms. The Kier molecular flexibility index (Phi) is 6.39. The van der Waals surface area contributed by atoms with E-state index in [1.807, 2.05) is 42.5 Å². The molecular weight excluding hydrogens is 499 g/mol. The standard InChI is InChI=1S/C28H20Cl2N2O4/c1-35-18-10-11-19-17(13-18)14-32(28(19)34)24-8-4-6-21(26(24)30)20-5-3-7-22(25(20)29)23-12-9-16(15-33)27(31-23)36-2/h3-13,15H,14H2,1-2H3. The van der Waals surface area contributed by atoms with Gasteiger partial charge in [0.1, 0.15) is 5.75 Å². The summed E-state index contributed by atoms with van der Waals surface area (Å²) in [6.45, 7) is 0.384. The van der Waals surface area contributed by atoms with Gasteiger partial charge in [0, 0.05) is 22.3 Å². The number of anilines is 1. The minimum atomic E-state index is -0.127. The molecule has 0 saturated heterocycles. The molecule has 0 radical (unpaired) electrons. The number of carbonyl (C=O) groups excluding carboxylic acids is 2. The Morgan fingerprint density at radius 2 is 1.58 bits per heavy atom. The smallest absolute Gasteiger partial charge is 0.258 e. The second-order valence-electron chi connectivity index (χ2n) is 8.13. The minimum Gasteiger partial charge on any atom is -0.497 e. The van der Waals surface area contributed by atoms with Crippen LogP contribution in [0, 0.1) is 0 Å². The Hall–Kier alpha value is -3.87. The molecule has 1 aromatic heterocycles. The summed E-state index contributed by atoms with van der Waals surface area (Å²) in [6, 6.07) is 19.8. The molecule has 0 aliphatic carbocycles. The van der Waals surface area contributed by atoms with Crippen LogP contribution in [0.5, 0.6) is 11.6 Å². The fourth-order valence-corrected chi connectivity index (χ4v) is 5.00. The van der Waals surface area contributed by atoms with Crippen LogP contribution < -0.4 is 14.4 Å². The summed E-state index contributed by atoms with van der Waals surface area (Å²) in [5.74, 6) is 0.782. The van der Waals surface area contributed by atoms with Crippen LogP contribution in [-0.4, -0.2) is 31.4 Å². The third-order valence-electron chi connectivity index (χ3n) is 6.16. The predicted molar refractivity (Wildman–Crippen MR) is 141 cm³/mol. The van der Waals surface area contributed by atoms with Crippen molar-refractivity contribution in [2.24, 2.45) is 0 Å². The van der Waals surface area contributed by atoms with Gasteiger partial charge < -0.3 is 14.4 Å². The number of nitrogens with zero attached hydrogens (tertiary/aromatic N) is 2. The lowest BCUT2D eigenvalue weighted by atomic mass is 10.00. The van der Waals surface area contributed by atoms with E-state index in [4.69, 9.17) is 32.7 Å². The van der Waals surface area contributed by atoms with Crippen LogP contribution in [0.4, 0.5) is 5.69 Å². The highest BCUT2D eigenvalue weighted by atomic mass is 35.5. The number of fused-ring (bicyclic) bond motifs is 1. The predicted octanol–water partition coefficient (Wildman–Crippen LogP) is 6.71. The zero-order valence-corrected chi connectivity index (χ0v) is 20.9. The second kappa shape index (κ2) is 9.64. The zero-order chi connectivity index (χ0) is 25.4. The van der Waals surface area contributed by atoms with Gasteiger partial charge in [-0.25, -0.2) is 4.98 Å². The summed E-state index contributed by atoms with van der Waals surface area (Å²) in [5, 5.41) is 0.845. The van der Waals surface area contributed by atoms with Crippen molar-refractivity contribution in [2.45, 2.75) is 6.54 Å². The van der Waals surface area contributed by atoms with Crippen LogP contribution in [0.15, 0.2) is 66.7 Å². The molecule has 0 spiro atoms. The summed E-state index contributed by atoms with van der Waals surface area (Å²) in [7, 11) is 3.05. The molecule has 2 heterocycles. The molecule has 3 aromatic carbocycles. The van der Waals surface area contributed by atoms with E-state index in [0.29, 0.717) is 67.8 Å². The van der Waals surface area contributed by atoms with Crippen LogP contribution in [-0.2, 0) is 6.54 Å². The lowest BCUT2D eigenvalue weighted by Gasteiger charge is -2.20. The molecule has 1 aliphatic heterocycles. The molecule has 4 aromatic rings. The van der Waals surface area contributed by atoms with Crippen molar-refractivity contribution < 1.29 is 19.1 Å². The van der Waals surface area contributed by atoms with Crippen molar-refractivity contribution in [3.63, 3.8) is 0 Å². The van der Waals surface area contributed by atoms with E-state index in [2.05, 4.69) is 4.98 Å². The van der Waals surface area contributed by atoms with E-state index >= 15 is 0 Å². The van der Waals surface area contributed by atoms with E-state index in [9.17, 15) is 9.59 Å². The highest BCUT2D eigenvalue weighted by molar-refractivity contribution is 6.39. The van der Waals surface area contributed by atoms with Gasteiger partial charge in [-0.1, -0.05) is 53.5 Å². The van der Waals surface area contributed by atoms with Crippen molar-refractivity contribution in [1.29, 1.82) is 0 Å².